The van der Waals surface area contributed by atoms with Crippen molar-refractivity contribution in [3.63, 3.8) is 0 Å². The molecule has 0 fully saturated rings. The largest absolute Gasteiger partial charge is 0.183 e. The third-order valence-corrected chi connectivity index (χ3v) is 2.06. The van der Waals surface area contributed by atoms with Gasteiger partial charge in [-0.05, 0) is 6.92 Å². The Hall–Kier alpha value is -0.456. The molecule has 0 N–H and O–H groups in total. The third kappa shape index (κ3) is 2.77. The molecule has 14 heavy (non-hydrogen) atoms. The Labute approximate surface area is 110 Å². The van der Waals surface area contributed by atoms with E-state index in [2.05, 4.69) is 43.3 Å². The first-order chi connectivity index (χ1) is 6.36. The summed E-state index contributed by atoms with van der Waals surface area (Å²) in [5, 5.41) is 0. The average Bonchev–Trinajstić information content (AvgIpc) is 2.19. The molecule has 2 aromatic carbocycles. The molecule has 2 rings (SSSR count). The van der Waals surface area contributed by atoms with Gasteiger partial charge in [-0.3, -0.25) is 0 Å². The molecule has 0 aliphatic rings. The van der Waals surface area contributed by atoms with Crippen molar-refractivity contribution in [2.75, 3.05) is 0 Å². The zero-order valence-electron chi connectivity index (χ0n) is 8.20. The van der Waals surface area contributed by atoms with Crippen LogP contribution in [0.25, 0.3) is 11.1 Å². The van der Waals surface area contributed by atoms with Crippen molar-refractivity contribution >= 4 is 0 Å². The van der Waals surface area contributed by atoms with E-state index in [9.17, 15) is 0 Å². The molecule has 1 radical (unpaired) electrons. The van der Waals surface area contributed by atoms with Gasteiger partial charge in [-0.2, -0.15) is 30.3 Å². The number of hydrogen-bond donors (Lipinski definition) is 0. The minimum absolute atomic E-state index is 0. The van der Waals surface area contributed by atoms with Gasteiger partial charge < -0.3 is 0 Å². The molecule has 0 amide bonds. The summed E-state index contributed by atoms with van der Waals surface area (Å²) in [6.45, 7) is 2.11. The topological polar surface area (TPSA) is 0 Å². The Morgan fingerprint density at radius 2 is 1.79 bits per heavy atom. The van der Waals surface area contributed by atoms with Crippen LogP contribution in [-0.4, -0.2) is 0 Å². The van der Waals surface area contributed by atoms with Crippen molar-refractivity contribution < 1.29 is 32.7 Å². The molecule has 0 saturated carbocycles. The maximum absolute atomic E-state index is 3.08. The van der Waals surface area contributed by atoms with Crippen LogP contribution in [0.15, 0.2) is 48.5 Å². The van der Waals surface area contributed by atoms with Crippen LogP contribution in [0.1, 0.15) is 5.56 Å². The van der Waals surface area contributed by atoms with Crippen molar-refractivity contribution in [3.8, 4) is 11.1 Å². The zero-order chi connectivity index (χ0) is 9.10. The minimum atomic E-state index is 0. The van der Waals surface area contributed by atoms with Crippen LogP contribution in [0.2, 0.25) is 0 Å². The fraction of sp³-hybridized carbons (Fsp3) is 0.0769. The molecule has 0 bridgehead atoms. The fourth-order valence-corrected chi connectivity index (χ4v) is 1.40. The molecular formula is C13H11Y-. The van der Waals surface area contributed by atoms with Crippen LogP contribution in [0.3, 0.4) is 0 Å². The summed E-state index contributed by atoms with van der Waals surface area (Å²) in [6, 6.07) is 19.6. The first-order valence-corrected chi connectivity index (χ1v) is 4.39. The summed E-state index contributed by atoms with van der Waals surface area (Å²) in [5.74, 6) is 0. The van der Waals surface area contributed by atoms with E-state index in [1.54, 1.807) is 0 Å². The van der Waals surface area contributed by atoms with Gasteiger partial charge in [0.15, 0.2) is 0 Å². The molecule has 0 aromatic heterocycles. The van der Waals surface area contributed by atoms with Crippen LogP contribution in [0, 0.1) is 13.0 Å². The summed E-state index contributed by atoms with van der Waals surface area (Å²) in [7, 11) is 0. The Kier molecular flexibility index (Phi) is 4.51. The van der Waals surface area contributed by atoms with E-state index in [0.717, 1.165) is 0 Å². The normalized spacial score (nSPS) is 9.21. The van der Waals surface area contributed by atoms with E-state index in [-0.39, 0.29) is 32.7 Å². The maximum Gasteiger partial charge on any atom is 0 e. The SMILES string of the molecule is Cc1cccc(-c2c[c-]ccc2)c1.[Y]. The van der Waals surface area contributed by atoms with E-state index < -0.39 is 0 Å². The minimum Gasteiger partial charge on any atom is -0.183 e. The molecule has 0 spiro atoms. The molecule has 2 aromatic rings. The van der Waals surface area contributed by atoms with Crippen LogP contribution in [0.4, 0.5) is 0 Å². The van der Waals surface area contributed by atoms with Crippen LogP contribution >= 0.6 is 0 Å². The first-order valence-electron chi connectivity index (χ1n) is 4.39. The summed E-state index contributed by atoms with van der Waals surface area (Å²) in [4.78, 5) is 0. The molecule has 0 aliphatic heterocycles. The van der Waals surface area contributed by atoms with Gasteiger partial charge in [-0.15, -0.1) is 5.56 Å². The van der Waals surface area contributed by atoms with Gasteiger partial charge >= 0.3 is 0 Å². The molecule has 0 unspecified atom stereocenters. The molecule has 0 atom stereocenters. The quantitative estimate of drug-likeness (QED) is 0.685. The molecule has 0 heterocycles. The van der Waals surface area contributed by atoms with Gasteiger partial charge in [0.2, 0.25) is 0 Å². The first kappa shape index (κ1) is 11.6. The van der Waals surface area contributed by atoms with Crippen molar-refractivity contribution in [3.05, 3.63) is 60.2 Å². The smallest absolute Gasteiger partial charge is 0 e. The Morgan fingerprint density at radius 1 is 1.00 bits per heavy atom. The van der Waals surface area contributed by atoms with Gasteiger partial charge in [-0.25, -0.2) is 0 Å². The fourth-order valence-electron chi connectivity index (χ4n) is 1.40. The second-order valence-corrected chi connectivity index (χ2v) is 3.16. The summed E-state index contributed by atoms with van der Waals surface area (Å²) >= 11 is 0. The third-order valence-electron chi connectivity index (χ3n) is 2.06. The second kappa shape index (κ2) is 5.43. The summed E-state index contributed by atoms with van der Waals surface area (Å²) in [6.07, 6.45) is 0. The molecule has 0 aliphatic carbocycles. The summed E-state index contributed by atoms with van der Waals surface area (Å²) in [5.41, 5.74) is 3.78. The molecule has 1 heteroatoms. The maximum atomic E-state index is 3.08. The monoisotopic (exact) mass is 256 g/mol. The van der Waals surface area contributed by atoms with E-state index in [1.165, 1.54) is 16.7 Å². The van der Waals surface area contributed by atoms with Crippen LogP contribution < -0.4 is 0 Å². The van der Waals surface area contributed by atoms with Crippen molar-refractivity contribution in [1.29, 1.82) is 0 Å². The Morgan fingerprint density at radius 3 is 2.43 bits per heavy atom. The van der Waals surface area contributed by atoms with E-state index in [1.807, 2.05) is 18.2 Å². The number of benzene rings is 2. The van der Waals surface area contributed by atoms with Gasteiger partial charge in [-0.1, -0.05) is 35.4 Å². The Bertz CT molecular complexity index is 393. The van der Waals surface area contributed by atoms with Gasteiger partial charge in [0, 0.05) is 32.7 Å². The van der Waals surface area contributed by atoms with Crippen LogP contribution in [-0.2, 0) is 32.7 Å². The van der Waals surface area contributed by atoms with Gasteiger partial charge in [0.25, 0.3) is 0 Å². The van der Waals surface area contributed by atoms with Crippen molar-refractivity contribution in [2.24, 2.45) is 0 Å². The summed E-state index contributed by atoms with van der Waals surface area (Å²) < 4.78 is 0. The number of rotatable bonds is 1. The van der Waals surface area contributed by atoms with E-state index >= 15 is 0 Å². The second-order valence-electron chi connectivity index (χ2n) is 3.16. The van der Waals surface area contributed by atoms with Crippen molar-refractivity contribution in [1.82, 2.24) is 0 Å². The number of aryl methyl sites for hydroxylation is 1. The average molecular weight is 256 g/mol. The Balaban J connectivity index is 0.000000980. The predicted octanol–water partition coefficient (Wildman–Crippen LogP) is 3.46. The standard InChI is InChI=1S/C13H11.Y/c1-11-6-5-9-13(10-11)12-7-3-2-4-8-12;/h2-3,5-10H,1H3;/q-1;. The zero-order valence-corrected chi connectivity index (χ0v) is 11.0. The molecule has 0 nitrogen and oxygen atoms in total. The van der Waals surface area contributed by atoms with Gasteiger partial charge in [0.05, 0.1) is 0 Å². The number of hydrogen-bond acceptors (Lipinski definition) is 0. The molecule has 0 saturated heterocycles. The predicted molar refractivity (Wildman–Crippen MR) is 55.5 cm³/mol. The van der Waals surface area contributed by atoms with Crippen molar-refractivity contribution in [2.45, 2.75) is 6.92 Å². The van der Waals surface area contributed by atoms with E-state index in [0.29, 0.717) is 0 Å². The van der Waals surface area contributed by atoms with Gasteiger partial charge in [0.1, 0.15) is 0 Å². The van der Waals surface area contributed by atoms with Crippen LogP contribution in [0.5, 0.6) is 0 Å². The van der Waals surface area contributed by atoms with E-state index in [4.69, 9.17) is 0 Å². The molecule has 67 valence electrons. The molecular weight excluding hydrogens is 245 g/mol.